The number of oxazole rings is 1. The molecular formula is C16H16BrN3O2. The summed E-state index contributed by atoms with van der Waals surface area (Å²) < 4.78 is 6.57. The van der Waals surface area contributed by atoms with Crippen molar-refractivity contribution in [3.05, 3.63) is 40.8 Å². The number of hydrogen-bond donors (Lipinski definition) is 2. The zero-order valence-corrected chi connectivity index (χ0v) is 13.5. The van der Waals surface area contributed by atoms with E-state index in [1.165, 1.54) is 6.42 Å². The first-order valence-corrected chi connectivity index (χ1v) is 8.27. The van der Waals surface area contributed by atoms with Crippen LogP contribution in [0.3, 0.4) is 0 Å². The number of nitrogens with one attached hydrogen (secondary N) is 2. The maximum Gasteiger partial charge on any atom is 0.307 e. The molecule has 2 saturated heterocycles. The molecule has 0 spiro atoms. The van der Waals surface area contributed by atoms with Crippen LogP contribution in [-0.4, -0.2) is 29.0 Å². The summed E-state index contributed by atoms with van der Waals surface area (Å²) in [7, 11) is 0. The number of rotatable bonds is 3. The molecule has 3 atom stereocenters. The van der Waals surface area contributed by atoms with E-state index >= 15 is 0 Å². The first-order valence-electron chi connectivity index (χ1n) is 7.48. The normalized spacial score (nSPS) is 26.3. The third-order valence-electron chi connectivity index (χ3n) is 4.43. The summed E-state index contributed by atoms with van der Waals surface area (Å²) >= 11 is 3.42. The second-order valence-corrected chi connectivity index (χ2v) is 6.82. The van der Waals surface area contributed by atoms with Crippen molar-refractivity contribution in [3.63, 3.8) is 0 Å². The lowest BCUT2D eigenvalue weighted by Gasteiger charge is -2.20. The van der Waals surface area contributed by atoms with Gasteiger partial charge in [-0.2, -0.15) is 0 Å². The second-order valence-electron chi connectivity index (χ2n) is 5.90. The van der Waals surface area contributed by atoms with E-state index < -0.39 is 0 Å². The number of hydrogen-bond acceptors (Lipinski definition) is 4. The van der Waals surface area contributed by atoms with Crippen molar-refractivity contribution >= 4 is 21.8 Å². The fourth-order valence-corrected chi connectivity index (χ4v) is 3.77. The van der Waals surface area contributed by atoms with Crippen LogP contribution in [0.25, 0.3) is 11.3 Å². The van der Waals surface area contributed by atoms with E-state index in [2.05, 4.69) is 31.5 Å². The van der Waals surface area contributed by atoms with Crippen LogP contribution >= 0.6 is 15.9 Å². The van der Waals surface area contributed by atoms with E-state index in [-0.39, 0.29) is 17.8 Å². The summed E-state index contributed by atoms with van der Waals surface area (Å²) in [5.74, 6) is 0.482. The highest BCUT2D eigenvalue weighted by atomic mass is 79.9. The quantitative estimate of drug-likeness (QED) is 0.881. The van der Waals surface area contributed by atoms with Gasteiger partial charge in [-0.1, -0.05) is 28.1 Å². The monoisotopic (exact) mass is 361 g/mol. The van der Waals surface area contributed by atoms with Crippen molar-refractivity contribution in [3.8, 4) is 11.3 Å². The Balaban J connectivity index is 1.48. The van der Waals surface area contributed by atoms with Crippen LogP contribution in [-0.2, 0) is 0 Å². The molecule has 1 aromatic heterocycles. The molecule has 2 bridgehead atoms. The number of carbonyl (C=O) groups excluding carboxylic acids is 1. The topological polar surface area (TPSA) is 67.2 Å². The van der Waals surface area contributed by atoms with Crippen LogP contribution in [0.1, 0.15) is 29.9 Å². The molecule has 2 fully saturated rings. The number of amides is 1. The van der Waals surface area contributed by atoms with Gasteiger partial charge in [0.05, 0.1) is 6.20 Å². The molecule has 1 aromatic carbocycles. The lowest BCUT2D eigenvalue weighted by molar-refractivity contribution is 0.0896. The minimum atomic E-state index is -0.236. The van der Waals surface area contributed by atoms with E-state index in [0.29, 0.717) is 17.8 Å². The molecule has 114 valence electrons. The number of halogens is 1. The van der Waals surface area contributed by atoms with Gasteiger partial charge < -0.3 is 15.1 Å². The molecular weight excluding hydrogens is 346 g/mol. The molecule has 2 aliphatic heterocycles. The highest BCUT2D eigenvalue weighted by Crippen LogP contribution is 2.28. The largest absolute Gasteiger partial charge is 0.432 e. The summed E-state index contributed by atoms with van der Waals surface area (Å²) in [4.78, 5) is 16.4. The summed E-state index contributed by atoms with van der Waals surface area (Å²) in [6.07, 6.45) is 4.93. The van der Waals surface area contributed by atoms with Crippen molar-refractivity contribution in [1.82, 2.24) is 15.6 Å². The van der Waals surface area contributed by atoms with Crippen LogP contribution in [0.5, 0.6) is 0 Å². The summed E-state index contributed by atoms with van der Waals surface area (Å²) in [5.41, 5.74) is 0.891. The number of fused-ring (bicyclic) bond motifs is 2. The maximum atomic E-state index is 12.3. The van der Waals surface area contributed by atoms with Crippen molar-refractivity contribution in [1.29, 1.82) is 0 Å². The molecule has 0 unspecified atom stereocenters. The lowest BCUT2D eigenvalue weighted by Crippen LogP contribution is -2.43. The SMILES string of the molecule is O=C(N[C@@H]1C[C@H]2CC[C@@H]1N2)c1ncc(-c2cccc(Br)c2)o1. The minimum Gasteiger partial charge on any atom is -0.432 e. The predicted molar refractivity (Wildman–Crippen MR) is 85.5 cm³/mol. The molecule has 0 radical (unpaired) electrons. The Kier molecular flexibility index (Phi) is 3.50. The lowest BCUT2D eigenvalue weighted by atomic mass is 9.95. The summed E-state index contributed by atoms with van der Waals surface area (Å²) in [5, 5.41) is 6.54. The highest BCUT2D eigenvalue weighted by Gasteiger charge is 2.40. The zero-order chi connectivity index (χ0) is 15.1. The summed E-state index contributed by atoms with van der Waals surface area (Å²) in [6, 6.07) is 8.85. The molecule has 2 aliphatic rings. The van der Waals surface area contributed by atoms with Crippen molar-refractivity contribution in [2.24, 2.45) is 0 Å². The van der Waals surface area contributed by atoms with Gasteiger partial charge in [-0.3, -0.25) is 4.79 Å². The minimum absolute atomic E-state index is 0.123. The standard InChI is InChI=1S/C16H16BrN3O2/c17-10-3-1-2-9(6-10)14-8-18-16(22-14)15(21)20-13-7-11-4-5-12(13)19-11/h1-3,6,8,11-13,19H,4-5,7H2,(H,20,21)/t11-,12+,13-/m1/s1. The maximum absolute atomic E-state index is 12.3. The van der Waals surface area contributed by atoms with Crippen LogP contribution in [0, 0.1) is 0 Å². The Labute approximate surface area is 136 Å². The van der Waals surface area contributed by atoms with Crippen molar-refractivity contribution < 1.29 is 9.21 Å². The van der Waals surface area contributed by atoms with E-state index in [0.717, 1.165) is 22.9 Å². The third kappa shape index (κ3) is 2.57. The second kappa shape index (κ2) is 5.52. The highest BCUT2D eigenvalue weighted by molar-refractivity contribution is 9.10. The molecule has 2 N–H and O–H groups in total. The first-order chi connectivity index (χ1) is 10.7. The van der Waals surface area contributed by atoms with Gasteiger partial charge in [0.2, 0.25) is 0 Å². The van der Waals surface area contributed by atoms with Gasteiger partial charge in [-0.25, -0.2) is 4.98 Å². The van der Waals surface area contributed by atoms with Crippen LogP contribution in [0.2, 0.25) is 0 Å². The van der Waals surface area contributed by atoms with E-state index in [1.807, 2.05) is 24.3 Å². The Hall–Kier alpha value is -1.66. The predicted octanol–water partition coefficient (Wildman–Crippen LogP) is 2.73. The molecule has 5 nitrogen and oxygen atoms in total. The average Bonchev–Trinajstić information content (AvgIpc) is 3.23. The van der Waals surface area contributed by atoms with Crippen LogP contribution in [0.4, 0.5) is 0 Å². The number of aromatic nitrogens is 1. The van der Waals surface area contributed by atoms with Crippen molar-refractivity contribution in [2.75, 3.05) is 0 Å². The Morgan fingerprint density at radius 1 is 1.41 bits per heavy atom. The fourth-order valence-electron chi connectivity index (χ4n) is 3.37. The Morgan fingerprint density at radius 2 is 2.32 bits per heavy atom. The number of nitrogens with zero attached hydrogens (tertiary/aromatic N) is 1. The Morgan fingerprint density at radius 3 is 3.05 bits per heavy atom. The third-order valence-corrected chi connectivity index (χ3v) is 4.92. The van der Waals surface area contributed by atoms with E-state index in [9.17, 15) is 4.79 Å². The van der Waals surface area contributed by atoms with E-state index in [4.69, 9.17) is 4.42 Å². The molecule has 22 heavy (non-hydrogen) atoms. The summed E-state index contributed by atoms with van der Waals surface area (Å²) in [6.45, 7) is 0. The smallest absolute Gasteiger partial charge is 0.307 e. The van der Waals surface area contributed by atoms with E-state index in [1.54, 1.807) is 6.20 Å². The first kappa shape index (κ1) is 14.0. The van der Waals surface area contributed by atoms with Gasteiger partial charge in [0.25, 0.3) is 5.89 Å². The molecule has 1 amide bonds. The van der Waals surface area contributed by atoms with Gasteiger partial charge in [0.1, 0.15) is 0 Å². The number of carbonyl (C=O) groups is 1. The molecule has 2 aromatic rings. The van der Waals surface area contributed by atoms with Crippen molar-refractivity contribution in [2.45, 2.75) is 37.4 Å². The van der Waals surface area contributed by atoms with Gasteiger partial charge in [0.15, 0.2) is 5.76 Å². The molecule has 3 heterocycles. The van der Waals surface area contributed by atoms with Gasteiger partial charge in [0, 0.05) is 28.2 Å². The van der Waals surface area contributed by atoms with Gasteiger partial charge in [-0.05, 0) is 31.4 Å². The van der Waals surface area contributed by atoms with Crippen LogP contribution in [0.15, 0.2) is 39.4 Å². The zero-order valence-electron chi connectivity index (χ0n) is 11.9. The average molecular weight is 362 g/mol. The molecule has 0 saturated carbocycles. The van der Waals surface area contributed by atoms with Gasteiger partial charge in [-0.15, -0.1) is 0 Å². The molecule has 0 aliphatic carbocycles. The van der Waals surface area contributed by atoms with Crippen LogP contribution < -0.4 is 10.6 Å². The fraction of sp³-hybridized carbons (Fsp3) is 0.375. The van der Waals surface area contributed by atoms with Gasteiger partial charge >= 0.3 is 5.91 Å². The molecule has 6 heteroatoms. The Bertz CT molecular complexity index is 715. The number of benzene rings is 1. The molecule has 4 rings (SSSR count).